The molecule has 0 N–H and O–H groups in total. The molecule has 0 bridgehead atoms. The van der Waals surface area contributed by atoms with E-state index >= 15 is 0 Å². The van der Waals surface area contributed by atoms with Gasteiger partial charge in [-0.3, -0.25) is 0 Å². The number of hydrogen-bond acceptors (Lipinski definition) is 2. The first-order valence-corrected chi connectivity index (χ1v) is 9.75. The topological polar surface area (TPSA) is 18.5 Å². The fraction of sp³-hybridized carbons (Fsp3) is 0.478. The third kappa shape index (κ3) is 4.00. The zero-order chi connectivity index (χ0) is 17.5. The van der Waals surface area contributed by atoms with Crippen LogP contribution in [0.5, 0.6) is 11.5 Å². The zero-order valence-corrected chi connectivity index (χ0v) is 15.6. The SMILES string of the molecule is CCCOc1ccc(C2(c3ccc(OCCC)cc3)CCCC2)cc1. The van der Waals surface area contributed by atoms with Crippen LogP contribution in [0.15, 0.2) is 48.5 Å². The second-order valence-corrected chi connectivity index (χ2v) is 7.03. The Kier molecular flexibility index (Phi) is 6.01. The molecule has 2 aromatic rings. The van der Waals surface area contributed by atoms with Gasteiger partial charge in [-0.1, -0.05) is 51.0 Å². The predicted octanol–water partition coefficient (Wildman–Crippen LogP) is 6.12. The number of benzene rings is 2. The second kappa shape index (κ2) is 8.42. The summed E-state index contributed by atoms with van der Waals surface area (Å²) in [5.41, 5.74) is 2.97. The molecule has 25 heavy (non-hydrogen) atoms. The van der Waals surface area contributed by atoms with E-state index in [4.69, 9.17) is 9.47 Å². The van der Waals surface area contributed by atoms with Gasteiger partial charge in [-0.2, -0.15) is 0 Å². The molecule has 1 saturated carbocycles. The van der Waals surface area contributed by atoms with Gasteiger partial charge in [0.05, 0.1) is 13.2 Å². The van der Waals surface area contributed by atoms with E-state index in [0.717, 1.165) is 37.6 Å². The molecule has 0 aliphatic heterocycles. The summed E-state index contributed by atoms with van der Waals surface area (Å²) in [4.78, 5) is 0. The Labute approximate surface area is 152 Å². The van der Waals surface area contributed by atoms with Gasteiger partial charge in [0.25, 0.3) is 0 Å². The maximum atomic E-state index is 5.75. The van der Waals surface area contributed by atoms with Crippen molar-refractivity contribution in [1.29, 1.82) is 0 Å². The van der Waals surface area contributed by atoms with Crippen molar-refractivity contribution < 1.29 is 9.47 Å². The largest absolute Gasteiger partial charge is 0.494 e. The van der Waals surface area contributed by atoms with Crippen LogP contribution in [0.25, 0.3) is 0 Å². The summed E-state index contributed by atoms with van der Waals surface area (Å²) in [7, 11) is 0. The standard InChI is InChI=1S/C23H30O2/c1-3-17-24-21-11-7-19(8-12-21)23(15-5-6-16-23)20-9-13-22(14-10-20)25-18-4-2/h7-14H,3-6,15-18H2,1-2H3. The van der Waals surface area contributed by atoms with Gasteiger partial charge in [-0.25, -0.2) is 0 Å². The predicted molar refractivity (Wildman–Crippen MR) is 104 cm³/mol. The van der Waals surface area contributed by atoms with Gasteiger partial charge in [-0.15, -0.1) is 0 Å². The molecule has 0 atom stereocenters. The molecule has 2 aromatic carbocycles. The summed E-state index contributed by atoms with van der Waals surface area (Å²) in [5, 5.41) is 0. The van der Waals surface area contributed by atoms with Crippen molar-refractivity contribution >= 4 is 0 Å². The minimum absolute atomic E-state index is 0.145. The molecule has 0 saturated heterocycles. The van der Waals surface area contributed by atoms with E-state index in [1.807, 2.05) is 0 Å². The lowest BCUT2D eigenvalue weighted by Crippen LogP contribution is -2.23. The lowest BCUT2D eigenvalue weighted by atomic mass is 9.73. The molecule has 0 spiro atoms. The molecule has 1 fully saturated rings. The Hall–Kier alpha value is -1.96. The van der Waals surface area contributed by atoms with E-state index in [-0.39, 0.29) is 5.41 Å². The molecule has 1 aliphatic rings. The molecule has 1 aliphatic carbocycles. The monoisotopic (exact) mass is 338 g/mol. The maximum absolute atomic E-state index is 5.75. The van der Waals surface area contributed by atoms with Crippen molar-refractivity contribution in [3.05, 3.63) is 59.7 Å². The number of hydrogen-bond donors (Lipinski definition) is 0. The zero-order valence-electron chi connectivity index (χ0n) is 15.6. The Balaban J connectivity index is 1.83. The summed E-state index contributed by atoms with van der Waals surface area (Å²) in [6.07, 6.45) is 7.11. The van der Waals surface area contributed by atoms with Gasteiger partial charge in [-0.05, 0) is 61.1 Å². The van der Waals surface area contributed by atoms with Crippen LogP contribution in [0, 0.1) is 0 Å². The van der Waals surface area contributed by atoms with E-state index in [9.17, 15) is 0 Å². The molecule has 0 amide bonds. The second-order valence-electron chi connectivity index (χ2n) is 7.03. The lowest BCUT2D eigenvalue weighted by Gasteiger charge is -2.31. The van der Waals surface area contributed by atoms with Crippen LogP contribution >= 0.6 is 0 Å². The van der Waals surface area contributed by atoms with Crippen LogP contribution in [0.2, 0.25) is 0 Å². The highest BCUT2D eigenvalue weighted by Crippen LogP contribution is 2.47. The summed E-state index contributed by atoms with van der Waals surface area (Å²) < 4.78 is 11.5. The lowest BCUT2D eigenvalue weighted by molar-refractivity contribution is 0.317. The van der Waals surface area contributed by atoms with Gasteiger partial charge in [0.1, 0.15) is 11.5 Å². The molecule has 0 unspecified atom stereocenters. The average Bonchev–Trinajstić information content (AvgIpc) is 3.16. The van der Waals surface area contributed by atoms with Crippen LogP contribution in [0.4, 0.5) is 0 Å². The molecule has 0 radical (unpaired) electrons. The van der Waals surface area contributed by atoms with Crippen LogP contribution < -0.4 is 9.47 Å². The van der Waals surface area contributed by atoms with Gasteiger partial charge in [0.2, 0.25) is 0 Å². The van der Waals surface area contributed by atoms with Crippen molar-refractivity contribution in [2.24, 2.45) is 0 Å². The fourth-order valence-corrected chi connectivity index (χ4v) is 3.90. The first-order chi connectivity index (χ1) is 12.3. The number of rotatable bonds is 8. The summed E-state index contributed by atoms with van der Waals surface area (Å²) >= 11 is 0. The van der Waals surface area contributed by atoms with Crippen molar-refractivity contribution in [3.63, 3.8) is 0 Å². The van der Waals surface area contributed by atoms with Crippen LogP contribution in [0.3, 0.4) is 0 Å². The third-order valence-electron chi connectivity index (χ3n) is 5.22. The molecule has 0 heterocycles. The van der Waals surface area contributed by atoms with Crippen LogP contribution in [-0.2, 0) is 5.41 Å². The molecule has 3 rings (SSSR count). The van der Waals surface area contributed by atoms with E-state index < -0.39 is 0 Å². The molecule has 134 valence electrons. The first kappa shape index (κ1) is 17.8. The van der Waals surface area contributed by atoms with E-state index in [0.29, 0.717) is 0 Å². The normalized spacial score (nSPS) is 15.9. The van der Waals surface area contributed by atoms with Crippen LogP contribution in [-0.4, -0.2) is 13.2 Å². The Morgan fingerprint density at radius 2 is 1.08 bits per heavy atom. The van der Waals surface area contributed by atoms with Gasteiger partial charge in [0, 0.05) is 5.41 Å². The van der Waals surface area contributed by atoms with E-state index in [1.165, 1.54) is 36.8 Å². The van der Waals surface area contributed by atoms with Gasteiger partial charge in [0.15, 0.2) is 0 Å². The van der Waals surface area contributed by atoms with E-state index in [1.54, 1.807) is 0 Å². The minimum atomic E-state index is 0.145. The molecule has 0 aromatic heterocycles. The summed E-state index contributed by atoms with van der Waals surface area (Å²) in [6, 6.07) is 17.6. The number of ether oxygens (including phenoxy) is 2. The molecule has 2 nitrogen and oxygen atoms in total. The smallest absolute Gasteiger partial charge is 0.119 e. The molecular formula is C23H30O2. The third-order valence-corrected chi connectivity index (χ3v) is 5.22. The van der Waals surface area contributed by atoms with Gasteiger partial charge >= 0.3 is 0 Å². The van der Waals surface area contributed by atoms with Gasteiger partial charge < -0.3 is 9.47 Å². The van der Waals surface area contributed by atoms with Crippen molar-refractivity contribution in [2.75, 3.05) is 13.2 Å². The minimum Gasteiger partial charge on any atom is -0.494 e. The Morgan fingerprint density at radius 3 is 1.44 bits per heavy atom. The van der Waals surface area contributed by atoms with Crippen molar-refractivity contribution in [2.45, 2.75) is 57.8 Å². The summed E-state index contributed by atoms with van der Waals surface area (Å²) in [5.74, 6) is 1.95. The highest BCUT2D eigenvalue weighted by Gasteiger charge is 2.37. The quantitative estimate of drug-likeness (QED) is 0.577. The maximum Gasteiger partial charge on any atom is 0.119 e. The van der Waals surface area contributed by atoms with Crippen molar-refractivity contribution in [1.82, 2.24) is 0 Å². The Bertz CT molecular complexity index is 583. The fourth-order valence-electron chi connectivity index (χ4n) is 3.90. The van der Waals surface area contributed by atoms with Crippen LogP contribution in [0.1, 0.15) is 63.5 Å². The summed E-state index contributed by atoms with van der Waals surface area (Å²) in [6.45, 7) is 5.83. The van der Waals surface area contributed by atoms with Crippen molar-refractivity contribution in [3.8, 4) is 11.5 Å². The highest BCUT2D eigenvalue weighted by molar-refractivity contribution is 5.44. The Morgan fingerprint density at radius 1 is 0.680 bits per heavy atom. The first-order valence-electron chi connectivity index (χ1n) is 9.75. The highest BCUT2D eigenvalue weighted by atomic mass is 16.5. The average molecular weight is 338 g/mol. The van der Waals surface area contributed by atoms with E-state index in [2.05, 4.69) is 62.4 Å². The molecular weight excluding hydrogens is 308 g/mol. The molecule has 2 heteroatoms.